The Morgan fingerprint density at radius 2 is 2.06 bits per heavy atom. The van der Waals surface area contributed by atoms with Gasteiger partial charge in [0.2, 0.25) is 0 Å². The summed E-state index contributed by atoms with van der Waals surface area (Å²) in [6.45, 7) is 4.02. The number of rotatable bonds is 6. The molecule has 1 amide bonds. The summed E-state index contributed by atoms with van der Waals surface area (Å²) in [6, 6.07) is 0. The highest BCUT2D eigenvalue weighted by Crippen LogP contribution is 2.27. The van der Waals surface area contributed by atoms with Crippen LogP contribution in [0.25, 0.3) is 0 Å². The number of hydrogen-bond acceptors (Lipinski definition) is 5. The number of amides is 1. The van der Waals surface area contributed by atoms with Crippen LogP contribution in [0.5, 0.6) is 0 Å². The fourth-order valence-electron chi connectivity index (χ4n) is 0.985. The summed E-state index contributed by atoms with van der Waals surface area (Å²) < 4.78 is 4.42. The van der Waals surface area contributed by atoms with E-state index in [1.165, 1.54) is 7.11 Å². The lowest BCUT2D eigenvalue weighted by Crippen LogP contribution is -2.31. The van der Waals surface area contributed by atoms with Crippen LogP contribution in [0.1, 0.15) is 20.3 Å². The third-order valence-corrected chi connectivity index (χ3v) is 3.28. The molecule has 0 aromatic rings. The first kappa shape index (κ1) is 15.2. The molecular weight excluding hydrogens is 230 g/mol. The zero-order valence-corrected chi connectivity index (χ0v) is 10.7. The van der Waals surface area contributed by atoms with Crippen molar-refractivity contribution in [3.8, 4) is 0 Å². The van der Waals surface area contributed by atoms with E-state index in [4.69, 9.17) is 5.11 Å². The van der Waals surface area contributed by atoms with Crippen molar-refractivity contribution in [3.63, 3.8) is 0 Å². The molecule has 0 heterocycles. The summed E-state index contributed by atoms with van der Waals surface area (Å²) in [5, 5.41) is 11.2. The molecule has 0 aliphatic heterocycles. The smallest absolute Gasteiger partial charge is 0.406 e. The average Bonchev–Trinajstić information content (AvgIpc) is 2.25. The van der Waals surface area contributed by atoms with Gasteiger partial charge in [0.05, 0.1) is 13.7 Å². The lowest BCUT2D eigenvalue weighted by Gasteiger charge is -2.22. The van der Waals surface area contributed by atoms with Crippen molar-refractivity contribution < 1.29 is 19.4 Å². The molecule has 0 aromatic heterocycles. The SMILES string of the molecule is COC(=O)NCCC(C)(C)C(=O)SCCO. The molecule has 0 atom stereocenters. The largest absolute Gasteiger partial charge is 0.453 e. The molecule has 5 nitrogen and oxygen atoms in total. The maximum absolute atomic E-state index is 11.7. The first-order valence-electron chi connectivity index (χ1n) is 5.04. The van der Waals surface area contributed by atoms with Crippen LogP contribution in [0.2, 0.25) is 0 Å². The summed E-state index contributed by atoms with van der Waals surface area (Å²) in [5.41, 5.74) is -0.513. The summed E-state index contributed by atoms with van der Waals surface area (Å²) in [4.78, 5) is 22.5. The Morgan fingerprint density at radius 1 is 1.44 bits per heavy atom. The molecule has 0 fully saturated rings. The van der Waals surface area contributed by atoms with Gasteiger partial charge in [-0.1, -0.05) is 25.6 Å². The Morgan fingerprint density at radius 3 is 2.56 bits per heavy atom. The Kier molecular flexibility index (Phi) is 7.16. The molecule has 0 unspecified atom stereocenters. The van der Waals surface area contributed by atoms with E-state index in [0.29, 0.717) is 18.7 Å². The molecule has 0 rings (SSSR count). The molecule has 6 heteroatoms. The van der Waals surface area contributed by atoms with Gasteiger partial charge in [-0.25, -0.2) is 4.79 Å². The van der Waals surface area contributed by atoms with Crippen LogP contribution in [0, 0.1) is 5.41 Å². The maximum atomic E-state index is 11.7. The molecule has 0 aliphatic rings. The Bertz CT molecular complexity index is 243. The molecule has 2 N–H and O–H groups in total. The van der Waals surface area contributed by atoms with Crippen molar-refractivity contribution in [2.75, 3.05) is 26.0 Å². The highest BCUT2D eigenvalue weighted by Gasteiger charge is 2.27. The van der Waals surface area contributed by atoms with Crippen LogP contribution in [0.3, 0.4) is 0 Å². The topological polar surface area (TPSA) is 75.6 Å². The lowest BCUT2D eigenvalue weighted by atomic mass is 9.91. The third kappa shape index (κ3) is 5.97. The van der Waals surface area contributed by atoms with Gasteiger partial charge in [-0.15, -0.1) is 0 Å². The van der Waals surface area contributed by atoms with E-state index >= 15 is 0 Å². The van der Waals surface area contributed by atoms with Gasteiger partial charge in [-0.2, -0.15) is 0 Å². The predicted molar refractivity (Wildman–Crippen MR) is 63.4 cm³/mol. The molecular formula is C10H19NO4S. The minimum Gasteiger partial charge on any atom is -0.453 e. The van der Waals surface area contributed by atoms with Crippen molar-refractivity contribution in [1.82, 2.24) is 5.32 Å². The van der Waals surface area contributed by atoms with Gasteiger partial charge < -0.3 is 15.2 Å². The second-order valence-electron chi connectivity index (χ2n) is 3.91. The van der Waals surface area contributed by atoms with Gasteiger partial charge in [0.15, 0.2) is 5.12 Å². The summed E-state index contributed by atoms with van der Waals surface area (Å²) in [6.07, 6.45) is 0.0468. The maximum Gasteiger partial charge on any atom is 0.406 e. The zero-order chi connectivity index (χ0) is 12.6. The molecule has 94 valence electrons. The van der Waals surface area contributed by atoms with Crippen molar-refractivity contribution >= 4 is 23.0 Å². The highest BCUT2D eigenvalue weighted by molar-refractivity contribution is 8.13. The quantitative estimate of drug-likeness (QED) is 0.735. The zero-order valence-electron chi connectivity index (χ0n) is 9.91. The number of aliphatic hydroxyl groups is 1. The van der Waals surface area contributed by atoms with E-state index < -0.39 is 11.5 Å². The van der Waals surface area contributed by atoms with Crippen LogP contribution in [-0.2, 0) is 9.53 Å². The van der Waals surface area contributed by atoms with Crippen LogP contribution in [-0.4, -0.2) is 42.3 Å². The summed E-state index contributed by atoms with van der Waals surface area (Å²) in [7, 11) is 1.29. The van der Waals surface area contributed by atoms with Crippen molar-refractivity contribution in [1.29, 1.82) is 0 Å². The molecule has 0 aromatic carbocycles. The number of ether oxygens (including phenoxy) is 1. The number of hydrogen-bond donors (Lipinski definition) is 2. The van der Waals surface area contributed by atoms with Crippen LogP contribution in [0.4, 0.5) is 4.79 Å². The van der Waals surface area contributed by atoms with Crippen molar-refractivity contribution in [2.45, 2.75) is 20.3 Å². The van der Waals surface area contributed by atoms with Gasteiger partial charge in [-0.3, -0.25) is 4.79 Å². The lowest BCUT2D eigenvalue weighted by molar-refractivity contribution is -0.118. The number of carbonyl (C=O) groups excluding carboxylic acids is 2. The number of thioether (sulfide) groups is 1. The molecule has 0 radical (unpaired) electrons. The van der Waals surface area contributed by atoms with E-state index in [1.54, 1.807) is 0 Å². The minimum absolute atomic E-state index is 0.00705. The van der Waals surface area contributed by atoms with Crippen LogP contribution in [0.15, 0.2) is 0 Å². The normalized spacial score (nSPS) is 11.0. The fourth-order valence-corrected chi connectivity index (χ4v) is 1.75. The highest BCUT2D eigenvalue weighted by atomic mass is 32.2. The second-order valence-corrected chi connectivity index (χ2v) is 4.98. The molecule has 0 aliphatic carbocycles. The Hall–Kier alpha value is -0.750. The summed E-state index contributed by atoms with van der Waals surface area (Å²) >= 11 is 1.12. The number of nitrogens with one attached hydrogen (secondary N) is 1. The number of carbonyl (C=O) groups is 2. The van der Waals surface area contributed by atoms with E-state index in [-0.39, 0.29) is 11.7 Å². The molecule has 0 bridgehead atoms. The second kappa shape index (κ2) is 7.51. The van der Waals surface area contributed by atoms with Gasteiger partial charge in [-0.05, 0) is 6.42 Å². The van der Waals surface area contributed by atoms with E-state index in [9.17, 15) is 9.59 Å². The van der Waals surface area contributed by atoms with Gasteiger partial charge in [0, 0.05) is 17.7 Å². The van der Waals surface area contributed by atoms with Gasteiger partial charge in [0.1, 0.15) is 0 Å². The average molecular weight is 249 g/mol. The molecule has 0 spiro atoms. The van der Waals surface area contributed by atoms with Crippen molar-refractivity contribution in [3.05, 3.63) is 0 Å². The number of aliphatic hydroxyl groups excluding tert-OH is 1. The number of methoxy groups -OCH3 is 1. The van der Waals surface area contributed by atoms with Crippen LogP contribution >= 0.6 is 11.8 Å². The molecule has 16 heavy (non-hydrogen) atoms. The van der Waals surface area contributed by atoms with Crippen molar-refractivity contribution in [2.24, 2.45) is 5.41 Å². The standard InChI is InChI=1S/C10H19NO4S/c1-10(2,8(13)16-7-6-12)4-5-11-9(14)15-3/h12H,4-7H2,1-3H3,(H,11,14). The van der Waals surface area contributed by atoms with Gasteiger partial charge in [0.25, 0.3) is 0 Å². The third-order valence-electron chi connectivity index (χ3n) is 2.08. The fraction of sp³-hybridized carbons (Fsp3) is 0.800. The Labute approximate surface area is 99.9 Å². The molecule has 0 saturated carbocycles. The van der Waals surface area contributed by atoms with Gasteiger partial charge >= 0.3 is 6.09 Å². The monoisotopic (exact) mass is 249 g/mol. The van der Waals surface area contributed by atoms with E-state index in [0.717, 1.165) is 11.8 Å². The van der Waals surface area contributed by atoms with Crippen LogP contribution < -0.4 is 5.32 Å². The summed E-state index contributed by atoms with van der Waals surface area (Å²) in [5.74, 6) is 0.409. The molecule has 0 saturated heterocycles. The van der Waals surface area contributed by atoms with E-state index in [1.807, 2.05) is 13.8 Å². The minimum atomic E-state index is -0.513. The predicted octanol–water partition coefficient (Wildman–Crippen LogP) is 1.01. The van der Waals surface area contributed by atoms with E-state index in [2.05, 4.69) is 10.1 Å². The Balaban J connectivity index is 3.93. The first-order valence-corrected chi connectivity index (χ1v) is 6.02. The first-order chi connectivity index (χ1) is 7.44. The number of alkyl carbamates (subject to hydrolysis) is 1.